The van der Waals surface area contributed by atoms with Crippen LogP contribution in [0.3, 0.4) is 0 Å². The zero-order valence-electron chi connectivity index (χ0n) is 16.6. The number of para-hydroxylation sites is 1. The Morgan fingerprint density at radius 2 is 1.90 bits per heavy atom. The maximum atomic E-state index is 13.1. The highest BCUT2D eigenvalue weighted by Gasteiger charge is 2.35. The molecule has 0 bridgehead atoms. The summed E-state index contributed by atoms with van der Waals surface area (Å²) in [5.41, 5.74) is 3.61. The molecule has 30 heavy (non-hydrogen) atoms. The van der Waals surface area contributed by atoms with Crippen LogP contribution in [0.25, 0.3) is 0 Å². The van der Waals surface area contributed by atoms with Crippen molar-refractivity contribution in [3.05, 3.63) is 89.4 Å². The number of nitrogens with one attached hydrogen (secondary N) is 1. The standard InChI is InChI=1S/C24H23FN4O/c25-20-8-6-17(7-9-20)15-28-10-11-29-22(16-28)13-18-12-19(14-26-23(18)29)24(30)27-21-4-2-1-3-5-21/h1-9,12,14,22H,10-11,13,15-16H2,(H,27,30). The summed E-state index contributed by atoms with van der Waals surface area (Å²) >= 11 is 0. The molecule has 1 unspecified atom stereocenters. The number of amides is 1. The summed E-state index contributed by atoms with van der Waals surface area (Å²) in [6.07, 6.45) is 2.55. The van der Waals surface area contributed by atoms with Gasteiger partial charge >= 0.3 is 0 Å². The number of rotatable bonds is 4. The Morgan fingerprint density at radius 1 is 1.10 bits per heavy atom. The molecule has 3 aromatic rings. The normalized spacial score (nSPS) is 18.0. The van der Waals surface area contributed by atoms with Crippen molar-refractivity contribution in [3.63, 3.8) is 0 Å². The zero-order chi connectivity index (χ0) is 20.5. The van der Waals surface area contributed by atoms with Gasteiger partial charge in [0.2, 0.25) is 0 Å². The van der Waals surface area contributed by atoms with Gasteiger partial charge in [-0.1, -0.05) is 30.3 Å². The Labute approximate surface area is 175 Å². The smallest absolute Gasteiger partial charge is 0.257 e. The first-order valence-electron chi connectivity index (χ1n) is 10.2. The first kappa shape index (κ1) is 18.8. The van der Waals surface area contributed by atoms with Crippen molar-refractivity contribution in [2.45, 2.75) is 19.0 Å². The Bertz CT molecular complexity index is 1050. The number of nitrogens with zero attached hydrogens (tertiary/aromatic N) is 3. The van der Waals surface area contributed by atoms with Crippen molar-refractivity contribution < 1.29 is 9.18 Å². The van der Waals surface area contributed by atoms with Crippen LogP contribution < -0.4 is 10.2 Å². The van der Waals surface area contributed by atoms with Crippen LogP contribution >= 0.6 is 0 Å². The van der Waals surface area contributed by atoms with Gasteiger partial charge in [-0.2, -0.15) is 0 Å². The molecule has 0 saturated carbocycles. The first-order chi connectivity index (χ1) is 14.7. The van der Waals surface area contributed by atoms with E-state index in [-0.39, 0.29) is 11.7 Å². The minimum Gasteiger partial charge on any atom is -0.350 e. The number of benzene rings is 2. The molecule has 2 aromatic carbocycles. The fourth-order valence-corrected chi connectivity index (χ4v) is 4.38. The Morgan fingerprint density at radius 3 is 2.70 bits per heavy atom. The molecule has 5 rings (SSSR count). The summed E-state index contributed by atoms with van der Waals surface area (Å²) in [5.74, 6) is 0.657. The molecule has 3 heterocycles. The highest BCUT2D eigenvalue weighted by Crippen LogP contribution is 2.33. The zero-order valence-corrected chi connectivity index (χ0v) is 16.6. The lowest BCUT2D eigenvalue weighted by Gasteiger charge is -2.38. The van der Waals surface area contributed by atoms with Crippen LogP contribution in [-0.2, 0) is 13.0 Å². The molecule has 1 fully saturated rings. The lowest BCUT2D eigenvalue weighted by Crippen LogP contribution is -2.51. The fourth-order valence-electron chi connectivity index (χ4n) is 4.38. The van der Waals surface area contributed by atoms with Crippen LogP contribution in [0.15, 0.2) is 66.9 Å². The molecule has 0 radical (unpaired) electrons. The number of carbonyl (C=O) groups excluding carboxylic acids is 1. The monoisotopic (exact) mass is 402 g/mol. The van der Waals surface area contributed by atoms with Crippen LogP contribution in [-0.4, -0.2) is 41.5 Å². The lowest BCUT2D eigenvalue weighted by atomic mass is 10.1. The number of hydrogen-bond donors (Lipinski definition) is 1. The van der Waals surface area contributed by atoms with Crippen molar-refractivity contribution in [1.29, 1.82) is 0 Å². The molecular formula is C24H23FN4O. The average molecular weight is 402 g/mol. The quantitative estimate of drug-likeness (QED) is 0.723. The molecular weight excluding hydrogens is 379 g/mol. The fraction of sp³-hybridized carbons (Fsp3) is 0.250. The summed E-state index contributed by atoms with van der Waals surface area (Å²) < 4.78 is 13.1. The molecule has 1 atom stereocenters. The topological polar surface area (TPSA) is 48.5 Å². The Balaban J connectivity index is 1.26. The number of hydrogen-bond acceptors (Lipinski definition) is 4. The number of fused-ring (bicyclic) bond motifs is 3. The van der Waals surface area contributed by atoms with E-state index in [1.807, 2.05) is 48.5 Å². The van der Waals surface area contributed by atoms with E-state index in [9.17, 15) is 9.18 Å². The molecule has 2 aliphatic heterocycles. The van der Waals surface area contributed by atoms with Gasteiger partial charge in [0.05, 0.1) is 5.56 Å². The predicted octanol–water partition coefficient (Wildman–Crippen LogP) is 3.72. The van der Waals surface area contributed by atoms with Gasteiger partial charge in [-0.3, -0.25) is 9.69 Å². The van der Waals surface area contributed by atoms with Gasteiger partial charge in [-0.25, -0.2) is 9.37 Å². The van der Waals surface area contributed by atoms with E-state index in [1.165, 1.54) is 12.1 Å². The van der Waals surface area contributed by atoms with E-state index >= 15 is 0 Å². The van der Waals surface area contributed by atoms with Crippen molar-refractivity contribution in [2.24, 2.45) is 0 Å². The van der Waals surface area contributed by atoms with E-state index in [2.05, 4.69) is 20.1 Å². The third-order valence-electron chi connectivity index (χ3n) is 5.85. The molecule has 1 amide bonds. The number of aromatic nitrogens is 1. The first-order valence-corrected chi connectivity index (χ1v) is 10.2. The van der Waals surface area contributed by atoms with Gasteiger partial charge in [-0.05, 0) is 47.9 Å². The second-order valence-electron chi connectivity index (χ2n) is 7.94. The third-order valence-corrected chi connectivity index (χ3v) is 5.85. The minimum absolute atomic E-state index is 0.140. The molecule has 2 aliphatic rings. The largest absolute Gasteiger partial charge is 0.350 e. The molecule has 1 aromatic heterocycles. The van der Waals surface area contributed by atoms with Crippen molar-refractivity contribution >= 4 is 17.4 Å². The van der Waals surface area contributed by atoms with Gasteiger partial charge in [-0.15, -0.1) is 0 Å². The van der Waals surface area contributed by atoms with E-state index in [4.69, 9.17) is 0 Å². The average Bonchev–Trinajstić information content (AvgIpc) is 3.13. The van der Waals surface area contributed by atoms with E-state index in [1.54, 1.807) is 6.20 Å². The van der Waals surface area contributed by atoms with Crippen molar-refractivity contribution in [2.75, 3.05) is 29.9 Å². The maximum absolute atomic E-state index is 13.1. The highest BCUT2D eigenvalue weighted by molar-refractivity contribution is 6.04. The summed E-state index contributed by atoms with van der Waals surface area (Å²) in [4.78, 5) is 22.0. The van der Waals surface area contributed by atoms with Crippen molar-refractivity contribution in [1.82, 2.24) is 9.88 Å². The van der Waals surface area contributed by atoms with Gasteiger partial charge in [0.25, 0.3) is 5.91 Å². The van der Waals surface area contributed by atoms with Gasteiger partial charge in [0.15, 0.2) is 0 Å². The second-order valence-corrected chi connectivity index (χ2v) is 7.94. The van der Waals surface area contributed by atoms with Crippen LogP contribution in [0.4, 0.5) is 15.9 Å². The Kier molecular flexibility index (Phi) is 4.93. The molecule has 0 spiro atoms. The second kappa shape index (κ2) is 7.88. The Hall–Kier alpha value is -3.25. The van der Waals surface area contributed by atoms with Gasteiger partial charge < -0.3 is 10.2 Å². The summed E-state index contributed by atoms with van der Waals surface area (Å²) in [5, 5.41) is 2.92. The number of piperazine rings is 1. The molecule has 5 nitrogen and oxygen atoms in total. The number of halogens is 1. The molecule has 1 N–H and O–H groups in total. The molecule has 1 saturated heterocycles. The van der Waals surface area contributed by atoms with Gasteiger partial charge in [0, 0.05) is 44.1 Å². The van der Waals surface area contributed by atoms with Crippen LogP contribution in [0.2, 0.25) is 0 Å². The van der Waals surface area contributed by atoms with E-state index < -0.39 is 0 Å². The summed E-state index contributed by atoms with van der Waals surface area (Å²) in [6, 6.07) is 18.5. The molecule has 0 aliphatic carbocycles. The molecule has 152 valence electrons. The maximum Gasteiger partial charge on any atom is 0.257 e. The predicted molar refractivity (Wildman–Crippen MR) is 115 cm³/mol. The third kappa shape index (κ3) is 3.78. The number of anilines is 2. The van der Waals surface area contributed by atoms with Gasteiger partial charge in [0.1, 0.15) is 11.6 Å². The van der Waals surface area contributed by atoms with Crippen LogP contribution in [0, 0.1) is 5.82 Å². The van der Waals surface area contributed by atoms with Crippen molar-refractivity contribution in [3.8, 4) is 0 Å². The van der Waals surface area contributed by atoms with E-state index in [0.717, 1.165) is 55.2 Å². The summed E-state index contributed by atoms with van der Waals surface area (Å²) in [7, 11) is 0. The van der Waals surface area contributed by atoms with Crippen LogP contribution in [0.1, 0.15) is 21.5 Å². The highest BCUT2D eigenvalue weighted by atomic mass is 19.1. The van der Waals surface area contributed by atoms with Crippen LogP contribution in [0.5, 0.6) is 0 Å². The molecule has 6 heteroatoms. The minimum atomic E-state index is -0.201. The number of pyridine rings is 1. The lowest BCUT2D eigenvalue weighted by molar-refractivity contribution is 0.102. The van der Waals surface area contributed by atoms with E-state index in [0.29, 0.717) is 11.6 Å². The SMILES string of the molecule is O=C(Nc1ccccc1)c1cnc2c(c1)CC1CN(Cc3ccc(F)cc3)CCN21. The summed E-state index contributed by atoms with van der Waals surface area (Å²) in [6.45, 7) is 3.59. The number of carbonyl (C=O) groups is 1.